The lowest BCUT2D eigenvalue weighted by Crippen LogP contribution is -2.46. The zero-order valence-corrected chi connectivity index (χ0v) is 16.3. The second kappa shape index (κ2) is 10.6. The Kier molecular flexibility index (Phi) is 8.17. The predicted molar refractivity (Wildman–Crippen MR) is 105 cm³/mol. The fraction of sp³-hybridized carbons (Fsp3) is 0.524. The first-order valence-corrected chi connectivity index (χ1v) is 9.55. The van der Waals surface area contributed by atoms with Gasteiger partial charge in [-0.05, 0) is 43.4 Å². The number of nitrogens with one attached hydrogen (secondary N) is 1. The van der Waals surface area contributed by atoms with Gasteiger partial charge < -0.3 is 19.7 Å². The van der Waals surface area contributed by atoms with E-state index >= 15 is 0 Å². The van der Waals surface area contributed by atoms with Crippen LogP contribution >= 0.6 is 0 Å². The van der Waals surface area contributed by atoms with E-state index in [1.54, 1.807) is 12.0 Å². The maximum Gasteiger partial charge on any atom is 0.260 e. The van der Waals surface area contributed by atoms with Crippen molar-refractivity contribution in [3.05, 3.63) is 36.4 Å². The molecule has 6 heteroatoms. The molecule has 1 aromatic carbocycles. The first-order valence-electron chi connectivity index (χ1n) is 9.55. The minimum Gasteiger partial charge on any atom is -0.493 e. The molecule has 1 heterocycles. The topological polar surface area (TPSA) is 67.9 Å². The summed E-state index contributed by atoms with van der Waals surface area (Å²) in [4.78, 5) is 26.4. The van der Waals surface area contributed by atoms with Gasteiger partial charge in [0, 0.05) is 19.6 Å². The van der Waals surface area contributed by atoms with E-state index < -0.39 is 0 Å². The Morgan fingerprint density at radius 3 is 2.89 bits per heavy atom. The molecule has 0 bridgehead atoms. The normalized spacial score (nSPS) is 16.5. The summed E-state index contributed by atoms with van der Waals surface area (Å²) in [5.74, 6) is 0.919. The number of hydrogen-bond acceptors (Lipinski definition) is 4. The van der Waals surface area contributed by atoms with Crippen molar-refractivity contribution in [2.75, 3.05) is 33.4 Å². The molecule has 0 saturated carbocycles. The second-order valence-electron chi connectivity index (χ2n) is 6.74. The number of nitrogens with zero attached hydrogens (tertiary/aromatic N) is 1. The first kappa shape index (κ1) is 20.8. The Labute approximate surface area is 161 Å². The van der Waals surface area contributed by atoms with Gasteiger partial charge >= 0.3 is 0 Å². The van der Waals surface area contributed by atoms with Crippen LogP contribution in [0.3, 0.4) is 0 Å². The number of hydrogen-bond donors (Lipinski definition) is 1. The second-order valence-corrected chi connectivity index (χ2v) is 6.74. The first-order chi connectivity index (χ1) is 13.1. The number of benzene rings is 1. The molecule has 1 aliphatic rings. The summed E-state index contributed by atoms with van der Waals surface area (Å²) < 4.78 is 11.1. The minimum atomic E-state index is -0.137. The van der Waals surface area contributed by atoms with Crippen LogP contribution in [0.15, 0.2) is 30.9 Å². The predicted octanol–water partition coefficient (Wildman–Crippen LogP) is 2.57. The molecule has 148 valence electrons. The molecular weight excluding hydrogens is 344 g/mol. The third-order valence-corrected chi connectivity index (χ3v) is 4.65. The highest BCUT2D eigenvalue weighted by molar-refractivity contribution is 5.82. The Morgan fingerprint density at radius 2 is 2.19 bits per heavy atom. The summed E-state index contributed by atoms with van der Waals surface area (Å²) in [7, 11) is 1.58. The van der Waals surface area contributed by atoms with Crippen LogP contribution in [0, 0.1) is 5.92 Å². The van der Waals surface area contributed by atoms with Crippen molar-refractivity contribution < 1.29 is 19.1 Å². The van der Waals surface area contributed by atoms with Gasteiger partial charge in [0.2, 0.25) is 5.91 Å². The van der Waals surface area contributed by atoms with Crippen molar-refractivity contribution in [3.8, 4) is 11.5 Å². The molecule has 2 rings (SSSR count). The number of carbonyl (C=O) groups is 2. The lowest BCUT2D eigenvalue weighted by molar-refractivity contribution is -0.137. The molecule has 0 aromatic heterocycles. The summed E-state index contributed by atoms with van der Waals surface area (Å²) in [6.07, 6.45) is 5.11. The number of piperidine rings is 1. The highest BCUT2D eigenvalue weighted by Gasteiger charge is 2.28. The van der Waals surface area contributed by atoms with E-state index in [0.717, 1.165) is 31.2 Å². The van der Waals surface area contributed by atoms with Crippen LogP contribution in [0.25, 0.3) is 0 Å². The largest absolute Gasteiger partial charge is 0.493 e. The van der Waals surface area contributed by atoms with Crippen molar-refractivity contribution in [2.45, 2.75) is 32.6 Å². The summed E-state index contributed by atoms with van der Waals surface area (Å²) in [6, 6.07) is 5.62. The lowest BCUT2D eigenvalue weighted by atomic mass is 9.97. The van der Waals surface area contributed by atoms with Crippen molar-refractivity contribution in [1.82, 2.24) is 10.2 Å². The molecule has 1 fully saturated rings. The number of carbonyl (C=O) groups excluding carboxylic acids is 2. The molecule has 0 spiro atoms. The van der Waals surface area contributed by atoms with Gasteiger partial charge in [0.15, 0.2) is 18.1 Å². The molecule has 1 aromatic rings. The Bertz CT molecular complexity index is 660. The van der Waals surface area contributed by atoms with Gasteiger partial charge in [-0.2, -0.15) is 0 Å². The van der Waals surface area contributed by atoms with Crippen LogP contribution in [-0.2, 0) is 16.0 Å². The maximum absolute atomic E-state index is 12.5. The zero-order chi connectivity index (χ0) is 19.6. The monoisotopic (exact) mass is 374 g/mol. The van der Waals surface area contributed by atoms with Crippen LogP contribution in [0.1, 0.15) is 31.7 Å². The molecular formula is C21H30N2O4. The van der Waals surface area contributed by atoms with Gasteiger partial charge in [0.1, 0.15) is 0 Å². The quantitative estimate of drug-likeness (QED) is 0.675. The molecule has 1 saturated heterocycles. The summed E-state index contributed by atoms with van der Waals surface area (Å²) >= 11 is 0. The Morgan fingerprint density at radius 1 is 1.37 bits per heavy atom. The van der Waals surface area contributed by atoms with Gasteiger partial charge in [-0.25, -0.2) is 0 Å². The number of amides is 2. The van der Waals surface area contributed by atoms with Crippen LogP contribution < -0.4 is 14.8 Å². The number of methoxy groups -OCH3 is 1. The van der Waals surface area contributed by atoms with E-state index in [2.05, 4.69) is 11.9 Å². The maximum atomic E-state index is 12.5. The molecule has 1 unspecified atom stereocenters. The lowest BCUT2D eigenvalue weighted by Gasteiger charge is -2.32. The van der Waals surface area contributed by atoms with Crippen molar-refractivity contribution in [2.24, 2.45) is 5.92 Å². The molecule has 1 aliphatic heterocycles. The number of likely N-dealkylation sites (tertiary alicyclic amines) is 1. The van der Waals surface area contributed by atoms with Crippen molar-refractivity contribution >= 4 is 11.8 Å². The van der Waals surface area contributed by atoms with E-state index in [-0.39, 0.29) is 24.3 Å². The van der Waals surface area contributed by atoms with Gasteiger partial charge in [0.05, 0.1) is 13.0 Å². The molecule has 6 nitrogen and oxygen atoms in total. The average Bonchev–Trinajstić information content (AvgIpc) is 2.70. The van der Waals surface area contributed by atoms with Gasteiger partial charge in [-0.3, -0.25) is 9.59 Å². The highest BCUT2D eigenvalue weighted by Crippen LogP contribution is 2.28. The van der Waals surface area contributed by atoms with E-state index in [1.807, 2.05) is 31.2 Å². The number of rotatable bonds is 9. The standard InChI is InChI=1S/C21H30N2O4/c1-4-7-16-9-10-18(19(13-16)26-3)27-15-20(24)23-12-6-8-17(14-23)21(25)22-11-5-2/h4,9-10,13,17H,1,5-8,11-12,14-15H2,2-3H3,(H,22,25). The molecule has 1 N–H and O–H groups in total. The third-order valence-electron chi connectivity index (χ3n) is 4.65. The minimum absolute atomic E-state index is 0.0368. The van der Waals surface area contributed by atoms with Gasteiger partial charge in [-0.1, -0.05) is 19.1 Å². The third kappa shape index (κ3) is 6.01. The molecule has 2 amide bonds. The van der Waals surface area contributed by atoms with Crippen LogP contribution in [-0.4, -0.2) is 50.1 Å². The summed E-state index contributed by atoms with van der Waals surface area (Å²) in [5, 5.41) is 2.92. The van der Waals surface area contributed by atoms with E-state index in [1.165, 1.54) is 0 Å². The zero-order valence-electron chi connectivity index (χ0n) is 16.3. The van der Waals surface area contributed by atoms with Crippen LogP contribution in [0.5, 0.6) is 11.5 Å². The summed E-state index contributed by atoms with van der Waals surface area (Å²) in [5.41, 5.74) is 1.07. The van der Waals surface area contributed by atoms with Gasteiger partial charge in [-0.15, -0.1) is 6.58 Å². The van der Waals surface area contributed by atoms with Crippen molar-refractivity contribution in [1.29, 1.82) is 0 Å². The van der Waals surface area contributed by atoms with E-state index in [0.29, 0.717) is 31.1 Å². The van der Waals surface area contributed by atoms with E-state index in [9.17, 15) is 9.59 Å². The fourth-order valence-corrected chi connectivity index (χ4v) is 3.17. The average molecular weight is 374 g/mol. The molecule has 27 heavy (non-hydrogen) atoms. The smallest absolute Gasteiger partial charge is 0.260 e. The van der Waals surface area contributed by atoms with Crippen LogP contribution in [0.4, 0.5) is 0 Å². The Hall–Kier alpha value is -2.50. The fourth-order valence-electron chi connectivity index (χ4n) is 3.17. The Balaban J connectivity index is 1.91. The van der Waals surface area contributed by atoms with Crippen molar-refractivity contribution in [3.63, 3.8) is 0 Å². The molecule has 1 atom stereocenters. The summed E-state index contributed by atoms with van der Waals surface area (Å²) in [6.45, 7) is 7.47. The van der Waals surface area contributed by atoms with Crippen LogP contribution in [0.2, 0.25) is 0 Å². The van der Waals surface area contributed by atoms with E-state index in [4.69, 9.17) is 9.47 Å². The highest BCUT2D eigenvalue weighted by atomic mass is 16.5. The molecule has 0 aliphatic carbocycles. The molecule has 0 radical (unpaired) electrons. The van der Waals surface area contributed by atoms with Gasteiger partial charge in [0.25, 0.3) is 5.91 Å². The number of allylic oxidation sites excluding steroid dienone is 1. The number of ether oxygens (including phenoxy) is 2. The SMILES string of the molecule is C=CCc1ccc(OCC(=O)N2CCCC(C(=O)NCCC)C2)c(OC)c1.